The number of allylic oxidation sites excluding steroid dienone is 12. The number of carbonyl (C=O) groups is 3. The predicted octanol–water partition coefficient (Wildman–Crippen LogP) is 13.9. The lowest BCUT2D eigenvalue weighted by molar-refractivity contribution is -0.150. The van der Waals surface area contributed by atoms with Crippen molar-refractivity contribution in [2.45, 2.75) is 225 Å². The minimum Gasteiger partial charge on any atom is -0.480 e. The monoisotopic (exact) mass is 809 g/mol. The van der Waals surface area contributed by atoms with Gasteiger partial charge in [0.2, 0.25) is 5.91 Å². The van der Waals surface area contributed by atoms with Crippen LogP contribution in [0.3, 0.4) is 0 Å². The fourth-order valence-corrected chi connectivity index (χ4v) is 6.71. The Balaban J connectivity index is 4.42. The van der Waals surface area contributed by atoms with Crippen LogP contribution in [0.4, 0.5) is 0 Å². The average molecular weight is 809 g/mol. The van der Waals surface area contributed by atoms with Gasteiger partial charge in [0, 0.05) is 12.8 Å². The zero-order valence-corrected chi connectivity index (χ0v) is 37.4. The Hall–Kier alpha value is -3.19. The van der Waals surface area contributed by atoms with Crippen molar-refractivity contribution in [3.8, 4) is 0 Å². The Bertz CT molecular complexity index is 1140. The van der Waals surface area contributed by atoms with Gasteiger partial charge in [-0.3, -0.25) is 9.59 Å². The van der Waals surface area contributed by atoms with E-state index < -0.39 is 12.0 Å². The number of unbranched alkanes of at least 4 members (excludes halogenated alkanes) is 16. The minimum atomic E-state index is -1.01. The highest BCUT2D eigenvalue weighted by Gasteiger charge is 2.19. The van der Waals surface area contributed by atoms with Crippen LogP contribution in [0.1, 0.15) is 213 Å². The Kier molecular flexibility index (Phi) is 42.4. The number of amides is 1. The summed E-state index contributed by atoms with van der Waals surface area (Å²) in [5.74, 6) is -1.29. The van der Waals surface area contributed by atoms with E-state index in [2.05, 4.69) is 92.1 Å². The summed E-state index contributed by atoms with van der Waals surface area (Å²) in [5.41, 5.74) is 5.49. The van der Waals surface area contributed by atoms with E-state index >= 15 is 0 Å². The Morgan fingerprint density at radius 2 is 0.966 bits per heavy atom. The predicted molar refractivity (Wildman–Crippen MR) is 248 cm³/mol. The normalized spacial score (nSPS) is 13.3. The van der Waals surface area contributed by atoms with Crippen molar-refractivity contribution in [3.63, 3.8) is 0 Å². The Morgan fingerprint density at radius 3 is 1.53 bits per heavy atom. The lowest BCUT2D eigenvalue weighted by Gasteiger charge is -2.18. The Morgan fingerprint density at radius 1 is 0.517 bits per heavy atom. The van der Waals surface area contributed by atoms with Crippen LogP contribution in [0.15, 0.2) is 72.9 Å². The van der Waals surface area contributed by atoms with Crippen molar-refractivity contribution in [1.29, 1.82) is 0 Å². The van der Waals surface area contributed by atoms with Crippen molar-refractivity contribution in [2.75, 3.05) is 6.54 Å². The van der Waals surface area contributed by atoms with Crippen molar-refractivity contribution < 1.29 is 24.2 Å². The molecule has 7 nitrogen and oxygen atoms in total. The summed E-state index contributed by atoms with van der Waals surface area (Å²) in [7, 11) is 0. The summed E-state index contributed by atoms with van der Waals surface area (Å²) >= 11 is 0. The summed E-state index contributed by atoms with van der Waals surface area (Å²) in [4.78, 5) is 36.5. The van der Waals surface area contributed by atoms with Crippen LogP contribution in [-0.2, 0) is 19.1 Å². The van der Waals surface area contributed by atoms with Crippen molar-refractivity contribution in [3.05, 3.63) is 72.9 Å². The van der Waals surface area contributed by atoms with Crippen LogP contribution in [0.25, 0.3) is 0 Å². The number of carboxylic acid groups (broad SMARTS) is 1. The highest BCUT2D eigenvalue weighted by atomic mass is 16.5. The third kappa shape index (κ3) is 41.0. The van der Waals surface area contributed by atoms with E-state index in [1.54, 1.807) is 0 Å². The molecule has 1 amide bonds. The molecule has 0 saturated heterocycles. The number of hydrogen-bond acceptors (Lipinski definition) is 5. The molecule has 0 saturated carbocycles. The first-order valence-corrected chi connectivity index (χ1v) is 23.8. The molecule has 0 aromatic rings. The molecule has 0 bridgehead atoms. The van der Waals surface area contributed by atoms with E-state index in [1.165, 1.54) is 51.4 Å². The highest BCUT2D eigenvalue weighted by Crippen LogP contribution is 2.18. The molecular formula is C51H88N2O5. The number of nitrogens with one attached hydrogen (secondary N) is 1. The Labute approximate surface area is 356 Å². The van der Waals surface area contributed by atoms with Gasteiger partial charge in [0.1, 0.15) is 12.1 Å². The summed E-state index contributed by atoms with van der Waals surface area (Å²) in [6.45, 7) is 4.83. The van der Waals surface area contributed by atoms with Gasteiger partial charge in [-0.1, -0.05) is 157 Å². The number of nitrogens with two attached hydrogens (primary N) is 1. The second kappa shape index (κ2) is 44.9. The number of carboxylic acids is 1. The van der Waals surface area contributed by atoms with E-state index in [9.17, 15) is 19.5 Å². The maximum Gasteiger partial charge on any atom is 0.326 e. The zero-order chi connectivity index (χ0) is 42.4. The molecule has 0 aliphatic rings. The fourth-order valence-electron chi connectivity index (χ4n) is 6.71. The smallest absolute Gasteiger partial charge is 0.326 e. The molecule has 0 heterocycles. The summed E-state index contributed by atoms with van der Waals surface area (Å²) in [5, 5.41) is 12.0. The molecule has 0 aliphatic heterocycles. The quantitative estimate of drug-likeness (QED) is 0.0321. The van der Waals surface area contributed by atoms with Gasteiger partial charge >= 0.3 is 11.9 Å². The fraction of sp³-hybridized carbons (Fsp3) is 0.706. The second-order valence-corrected chi connectivity index (χ2v) is 15.8. The number of ether oxygens (including phenoxy) is 1. The molecule has 0 aliphatic carbocycles. The third-order valence-electron chi connectivity index (χ3n) is 10.3. The first kappa shape index (κ1) is 54.8. The molecule has 0 fully saturated rings. The largest absolute Gasteiger partial charge is 0.480 e. The number of rotatable bonds is 42. The number of carbonyl (C=O) groups excluding carboxylic acids is 2. The van der Waals surface area contributed by atoms with Crippen LogP contribution in [0, 0.1) is 0 Å². The molecular weight excluding hydrogens is 721 g/mol. The zero-order valence-electron chi connectivity index (χ0n) is 37.4. The molecule has 2 atom stereocenters. The number of hydrogen-bond donors (Lipinski definition) is 3. The summed E-state index contributed by atoms with van der Waals surface area (Å²) < 4.78 is 6.03. The van der Waals surface area contributed by atoms with Gasteiger partial charge in [-0.25, -0.2) is 4.79 Å². The number of esters is 1. The van der Waals surface area contributed by atoms with Gasteiger partial charge in [0.15, 0.2) is 0 Å². The van der Waals surface area contributed by atoms with Gasteiger partial charge < -0.3 is 20.9 Å². The van der Waals surface area contributed by atoms with E-state index in [1.807, 2.05) is 0 Å². The van der Waals surface area contributed by atoms with Crippen LogP contribution in [0.5, 0.6) is 0 Å². The number of aliphatic carboxylic acids is 1. The van der Waals surface area contributed by atoms with E-state index in [0.717, 1.165) is 122 Å². The lowest BCUT2D eigenvalue weighted by atomic mass is 10.0. The molecule has 58 heavy (non-hydrogen) atoms. The molecule has 0 aromatic carbocycles. The topological polar surface area (TPSA) is 119 Å². The average Bonchev–Trinajstić information content (AvgIpc) is 3.21. The van der Waals surface area contributed by atoms with Crippen LogP contribution in [-0.4, -0.2) is 41.6 Å². The second-order valence-electron chi connectivity index (χ2n) is 15.8. The minimum absolute atomic E-state index is 0.0397. The van der Waals surface area contributed by atoms with Crippen molar-refractivity contribution in [1.82, 2.24) is 5.32 Å². The van der Waals surface area contributed by atoms with Crippen molar-refractivity contribution in [2.24, 2.45) is 5.73 Å². The van der Waals surface area contributed by atoms with Gasteiger partial charge in [-0.15, -0.1) is 0 Å². The third-order valence-corrected chi connectivity index (χ3v) is 10.3. The van der Waals surface area contributed by atoms with Gasteiger partial charge in [0.25, 0.3) is 0 Å². The van der Waals surface area contributed by atoms with Crippen LogP contribution in [0.2, 0.25) is 0 Å². The molecule has 0 radical (unpaired) electrons. The summed E-state index contributed by atoms with van der Waals surface area (Å²) in [6.07, 6.45) is 58.0. The first-order valence-electron chi connectivity index (χ1n) is 23.8. The standard InChI is InChI=1S/C51H88N2O5/c1-3-5-7-9-11-13-15-17-18-19-20-21-22-24-26-28-30-35-39-45-50(55)58-47(41-36-32-29-27-25-23-16-14-12-10-8-6-4-2)42-37-33-31-34-38-44-49(54)53-48(51(56)57)43-40-46-52/h5,7,11,13,17-18,20-21,24,26-27,29,47-48H,3-4,6,8-10,12,14-16,19,22-23,25,28,30-46,52H2,1-2H3,(H,53,54)(H,56,57)/b7-5-,13-11-,18-17-,21-20-,26-24-,29-27-. The maximum absolute atomic E-state index is 12.8. The molecule has 332 valence electrons. The van der Waals surface area contributed by atoms with Crippen LogP contribution < -0.4 is 11.1 Å². The SMILES string of the molecule is CC/C=C\C/C=C\C/C=C\C/C=C\C/C=C\CCCCCC(=O)OC(CCC/C=C\CCCCCCCCCC)CCCCCCCC(=O)NC(CCCN)C(=O)O. The molecule has 2 unspecified atom stereocenters. The molecule has 7 heteroatoms. The van der Waals surface area contributed by atoms with Gasteiger partial charge in [0.05, 0.1) is 0 Å². The highest BCUT2D eigenvalue weighted by molar-refractivity contribution is 5.83. The molecule has 0 spiro atoms. The lowest BCUT2D eigenvalue weighted by Crippen LogP contribution is -2.40. The van der Waals surface area contributed by atoms with E-state index in [4.69, 9.17) is 10.5 Å². The van der Waals surface area contributed by atoms with E-state index in [0.29, 0.717) is 32.2 Å². The van der Waals surface area contributed by atoms with E-state index in [-0.39, 0.29) is 18.0 Å². The first-order chi connectivity index (χ1) is 28.4. The van der Waals surface area contributed by atoms with Gasteiger partial charge in [-0.2, -0.15) is 0 Å². The summed E-state index contributed by atoms with van der Waals surface area (Å²) in [6, 6.07) is -0.865. The van der Waals surface area contributed by atoms with Gasteiger partial charge in [-0.05, 0) is 122 Å². The molecule has 0 aromatic heterocycles. The van der Waals surface area contributed by atoms with Crippen LogP contribution >= 0.6 is 0 Å². The maximum atomic E-state index is 12.8. The van der Waals surface area contributed by atoms with Crippen molar-refractivity contribution >= 4 is 17.8 Å². The molecule has 4 N–H and O–H groups in total. The molecule has 0 rings (SSSR count).